The van der Waals surface area contributed by atoms with E-state index in [4.69, 9.17) is 5.84 Å². The van der Waals surface area contributed by atoms with E-state index in [1.807, 2.05) is 19.9 Å². The molecule has 0 aromatic heterocycles. The summed E-state index contributed by atoms with van der Waals surface area (Å²) in [6.45, 7) is 3.81. The first-order valence-corrected chi connectivity index (χ1v) is 3.42. The van der Waals surface area contributed by atoms with Crippen LogP contribution in [0.5, 0.6) is 5.75 Å². The molecule has 0 bridgehead atoms. The number of nitrogens with one attached hydrogen (secondary N) is 1. The van der Waals surface area contributed by atoms with E-state index < -0.39 is 0 Å². The fourth-order valence-corrected chi connectivity index (χ4v) is 1.13. The quantitative estimate of drug-likeness (QED) is 0.323. The van der Waals surface area contributed by atoms with Gasteiger partial charge in [-0.2, -0.15) is 0 Å². The van der Waals surface area contributed by atoms with Gasteiger partial charge in [0.05, 0.1) is 5.69 Å². The molecule has 0 amide bonds. The Morgan fingerprint density at radius 2 is 2.00 bits per heavy atom. The minimum Gasteiger partial charge on any atom is -0.506 e. The first kappa shape index (κ1) is 7.88. The fourth-order valence-electron chi connectivity index (χ4n) is 1.13. The van der Waals surface area contributed by atoms with Crippen molar-refractivity contribution in [3.8, 4) is 5.75 Å². The summed E-state index contributed by atoms with van der Waals surface area (Å²) in [5.41, 5.74) is 5.01. The van der Waals surface area contributed by atoms with Gasteiger partial charge in [-0.3, -0.25) is 5.84 Å². The summed E-state index contributed by atoms with van der Waals surface area (Å²) in [6, 6.07) is 3.62. The van der Waals surface area contributed by atoms with Crippen LogP contribution in [0, 0.1) is 13.8 Å². The van der Waals surface area contributed by atoms with Crippen LogP contribution in [0.3, 0.4) is 0 Å². The zero-order valence-electron chi connectivity index (χ0n) is 6.68. The first-order valence-electron chi connectivity index (χ1n) is 3.42. The molecule has 0 atom stereocenters. The van der Waals surface area contributed by atoms with Crippen molar-refractivity contribution in [3.63, 3.8) is 0 Å². The van der Waals surface area contributed by atoms with Crippen LogP contribution in [0.15, 0.2) is 12.1 Å². The van der Waals surface area contributed by atoms with Crippen molar-refractivity contribution in [1.29, 1.82) is 0 Å². The average Bonchev–Trinajstić information content (AvgIpc) is 1.85. The number of hydrogen-bond donors (Lipinski definition) is 3. The van der Waals surface area contributed by atoms with Gasteiger partial charge >= 0.3 is 0 Å². The maximum absolute atomic E-state index is 9.33. The van der Waals surface area contributed by atoms with Crippen LogP contribution in [-0.4, -0.2) is 5.11 Å². The van der Waals surface area contributed by atoms with Crippen molar-refractivity contribution >= 4 is 5.69 Å². The molecule has 0 aliphatic rings. The van der Waals surface area contributed by atoms with Gasteiger partial charge in [-0.15, -0.1) is 0 Å². The Bertz CT molecular complexity index is 248. The van der Waals surface area contributed by atoms with Gasteiger partial charge in [0, 0.05) is 0 Å². The summed E-state index contributed by atoms with van der Waals surface area (Å²) in [5, 5.41) is 9.33. The molecule has 0 spiro atoms. The second kappa shape index (κ2) is 2.80. The highest BCUT2D eigenvalue weighted by Gasteiger charge is 2.02. The number of phenolic OH excluding ortho intramolecular Hbond substituents is 1. The summed E-state index contributed by atoms with van der Waals surface area (Å²) in [6.07, 6.45) is 0. The van der Waals surface area contributed by atoms with Crippen molar-refractivity contribution in [2.75, 3.05) is 5.43 Å². The number of hydrogen-bond acceptors (Lipinski definition) is 3. The van der Waals surface area contributed by atoms with E-state index in [-0.39, 0.29) is 5.75 Å². The minimum absolute atomic E-state index is 0.199. The Balaban J connectivity index is 3.25. The van der Waals surface area contributed by atoms with Gasteiger partial charge in [0.25, 0.3) is 0 Å². The molecular formula is C8H12N2O. The number of nitrogens with two attached hydrogens (primary N) is 1. The van der Waals surface area contributed by atoms with Crippen LogP contribution in [-0.2, 0) is 0 Å². The molecule has 0 saturated carbocycles. The molecule has 0 saturated heterocycles. The lowest BCUT2D eigenvalue weighted by Gasteiger charge is -2.07. The average molecular weight is 152 g/mol. The van der Waals surface area contributed by atoms with Crippen LogP contribution in [0.4, 0.5) is 5.69 Å². The van der Waals surface area contributed by atoms with E-state index >= 15 is 0 Å². The molecule has 11 heavy (non-hydrogen) atoms. The third kappa shape index (κ3) is 1.43. The van der Waals surface area contributed by atoms with Gasteiger partial charge in [-0.05, 0) is 31.0 Å². The maximum Gasteiger partial charge on any atom is 0.140 e. The van der Waals surface area contributed by atoms with E-state index in [2.05, 4.69) is 5.43 Å². The molecule has 0 aliphatic carbocycles. The monoisotopic (exact) mass is 152 g/mol. The Morgan fingerprint density at radius 3 is 2.45 bits per heavy atom. The molecule has 1 aromatic rings. The molecule has 60 valence electrons. The van der Waals surface area contributed by atoms with Gasteiger partial charge < -0.3 is 10.5 Å². The summed E-state index contributed by atoms with van der Waals surface area (Å²) < 4.78 is 0. The number of nitrogen functional groups attached to an aromatic ring is 1. The predicted molar refractivity (Wildman–Crippen MR) is 45.4 cm³/mol. The van der Waals surface area contributed by atoms with Crippen molar-refractivity contribution in [2.45, 2.75) is 13.8 Å². The summed E-state index contributed by atoms with van der Waals surface area (Å²) in [4.78, 5) is 0. The fraction of sp³-hybridized carbons (Fsp3) is 0.250. The Morgan fingerprint density at radius 1 is 1.36 bits per heavy atom. The lowest BCUT2D eigenvalue weighted by molar-refractivity contribution is 0.476. The van der Waals surface area contributed by atoms with Crippen molar-refractivity contribution < 1.29 is 5.11 Å². The topological polar surface area (TPSA) is 58.3 Å². The normalized spacial score (nSPS) is 9.73. The molecule has 0 fully saturated rings. The molecule has 4 N–H and O–H groups in total. The smallest absolute Gasteiger partial charge is 0.140 e. The highest BCUT2D eigenvalue weighted by Crippen LogP contribution is 2.27. The Kier molecular flexibility index (Phi) is 2.01. The van der Waals surface area contributed by atoms with Crippen LogP contribution < -0.4 is 11.3 Å². The molecular weight excluding hydrogens is 140 g/mol. The molecule has 0 radical (unpaired) electrons. The number of aryl methyl sites for hydroxylation is 2. The van der Waals surface area contributed by atoms with Gasteiger partial charge in [0.15, 0.2) is 0 Å². The summed E-state index contributed by atoms with van der Waals surface area (Å²) >= 11 is 0. The standard InChI is InChI=1S/C8H12N2O/c1-5-3-6(2)8(10-9)7(11)4-5/h3-4,10-11H,9H2,1-2H3. The Hall–Kier alpha value is -1.22. The lowest BCUT2D eigenvalue weighted by atomic mass is 10.1. The van der Waals surface area contributed by atoms with E-state index in [0.29, 0.717) is 5.69 Å². The van der Waals surface area contributed by atoms with Gasteiger partial charge in [0.2, 0.25) is 0 Å². The molecule has 3 heteroatoms. The summed E-state index contributed by atoms with van der Waals surface area (Å²) in [5.74, 6) is 5.39. The zero-order valence-corrected chi connectivity index (χ0v) is 6.68. The number of anilines is 1. The highest BCUT2D eigenvalue weighted by molar-refractivity contribution is 5.61. The van der Waals surface area contributed by atoms with Crippen molar-refractivity contribution in [2.24, 2.45) is 5.84 Å². The van der Waals surface area contributed by atoms with Gasteiger partial charge in [-0.1, -0.05) is 6.07 Å². The molecule has 1 rings (SSSR count). The van der Waals surface area contributed by atoms with Crippen LogP contribution >= 0.6 is 0 Å². The van der Waals surface area contributed by atoms with Gasteiger partial charge in [0.1, 0.15) is 5.75 Å². The van der Waals surface area contributed by atoms with E-state index in [9.17, 15) is 5.11 Å². The molecule has 0 unspecified atom stereocenters. The number of hydrazine groups is 1. The van der Waals surface area contributed by atoms with E-state index in [1.54, 1.807) is 6.07 Å². The largest absolute Gasteiger partial charge is 0.506 e. The highest BCUT2D eigenvalue weighted by atomic mass is 16.3. The number of benzene rings is 1. The molecule has 1 aromatic carbocycles. The van der Waals surface area contributed by atoms with Crippen LogP contribution in [0.2, 0.25) is 0 Å². The second-order valence-corrected chi connectivity index (χ2v) is 2.62. The molecule has 0 heterocycles. The van der Waals surface area contributed by atoms with Crippen LogP contribution in [0.25, 0.3) is 0 Å². The maximum atomic E-state index is 9.33. The third-order valence-electron chi connectivity index (χ3n) is 1.60. The first-order chi connectivity index (χ1) is 5.15. The van der Waals surface area contributed by atoms with E-state index in [1.165, 1.54) is 0 Å². The summed E-state index contributed by atoms with van der Waals surface area (Å²) in [7, 11) is 0. The van der Waals surface area contributed by atoms with Crippen molar-refractivity contribution in [3.05, 3.63) is 23.3 Å². The molecule has 3 nitrogen and oxygen atoms in total. The number of rotatable bonds is 1. The number of aromatic hydroxyl groups is 1. The SMILES string of the molecule is Cc1cc(C)c(NN)c(O)c1. The molecule has 0 aliphatic heterocycles. The van der Waals surface area contributed by atoms with E-state index in [0.717, 1.165) is 11.1 Å². The van der Waals surface area contributed by atoms with Gasteiger partial charge in [-0.25, -0.2) is 0 Å². The third-order valence-corrected chi connectivity index (χ3v) is 1.60. The lowest BCUT2D eigenvalue weighted by Crippen LogP contribution is -2.08. The Labute approximate surface area is 65.8 Å². The zero-order chi connectivity index (χ0) is 8.43. The minimum atomic E-state index is 0.199. The second-order valence-electron chi connectivity index (χ2n) is 2.62. The number of phenols is 1. The predicted octanol–water partition coefficient (Wildman–Crippen LogP) is 1.29. The van der Waals surface area contributed by atoms with Crippen molar-refractivity contribution in [1.82, 2.24) is 0 Å². The van der Waals surface area contributed by atoms with Crippen LogP contribution in [0.1, 0.15) is 11.1 Å².